The van der Waals surface area contributed by atoms with Gasteiger partial charge >= 0.3 is 0 Å². The average molecular weight is 481 g/mol. The number of carbonyl (C=O) groups is 1. The lowest BCUT2D eigenvalue weighted by Crippen LogP contribution is -2.26. The molecule has 1 heterocycles. The van der Waals surface area contributed by atoms with Gasteiger partial charge in [-0.1, -0.05) is 30.3 Å². The summed E-state index contributed by atoms with van der Waals surface area (Å²) in [4.78, 5) is 12.7. The molecular formula is C26H28N2O5S. The molecule has 34 heavy (non-hydrogen) atoms. The zero-order valence-electron chi connectivity index (χ0n) is 18.8. The molecule has 8 heteroatoms. The van der Waals surface area contributed by atoms with E-state index in [0.717, 1.165) is 25.0 Å². The summed E-state index contributed by atoms with van der Waals surface area (Å²) >= 11 is 0. The Morgan fingerprint density at radius 2 is 1.71 bits per heavy atom. The first-order valence-electron chi connectivity index (χ1n) is 11.3. The highest BCUT2D eigenvalue weighted by atomic mass is 32.2. The van der Waals surface area contributed by atoms with Crippen LogP contribution in [0.2, 0.25) is 0 Å². The lowest BCUT2D eigenvalue weighted by atomic mass is 10.2. The summed E-state index contributed by atoms with van der Waals surface area (Å²) in [5, 5.41) is 2.78. The van der Waals surface area contributed by atoms with E-state index in [1.807, 2.05) is 30.3 Å². The van der Waals surface area contributed by atoms with Crippen molar-refractivity contribution in [1.29, 1.82) is 0 Å². The van der Waals surface area contributed by atoms with Crippen LogP contribution in [-0.2, 0) is 21.2 Å². The first kappa shape index (κ1) is 23.9. The summed E-state index contributed by atoms with van der Waals surface area (Å²) in [6, 6.07) is 22.7. The number of benzene rings is 3. The summed E-state index contributed by atoms with van der Waals surface area (Å²) in [6.07, 6.45) is 2.80. The van der Waals surface area contributed by atoms with E-state index in [0.29, 0.717) is 36.6 Å². The second kappa shape index (κ2) is 11.3. The number of anilines is 1. The van der Waals surface area contributed by atoms with Crippen molar-refractivity contribution < 1.29 is 22.7 Å². The van der Waals surface area contributed by atoms with Crippen LogP contribution >= 0.6 is 0 Å². The lowest BCUT2D eigenvalue weighted by Gasteiger charge is -2.12. The van der Waals surface area contributed by atoms with Gasteiger partial charge in [-0.2, -0.15) is 0 Å². The third-order valence-electron chi connectivity index (χ3n) is 5.55. The molecule has 1 aliphatic rings. The Bertz CT molecular complexity index is 1170. The molecule has 0 spiro atoms. The second-order valence-corrected chi connectivity index (χ2v) is 9.85. The van der Waals surface area contributed by atoms with E-state index in [9.17, 15) is 13.2 Å². The molecule has 3 aromatic carbocycles. The fourth-order valence-corrected chi connectivity index (χ4v) is 4.68. The second-order valence-electron chi connectivity index (χ2n) is 8.08. The summed E-state index contributed by atoms with van der Waals surface area (Å²) in [5.41, 5.74) is 2.04. The number of hydrogen-bond donors (Lipinski definition) is 2. The van der Waals surface area contributed by atoms with Crippen LogP contribution < -0.4 is 14.8 Å². The highest BCUT2D eigenvalue weighted by Crippen LogP contribution is 2.18. The normalized spacial score (nSPS) is 15.7. The molecule has 3 aromatic rings. The quantitative estimate of drug-likeness (QED) is 0.457. The van der Waals surface area contributed by atoms with E-state index in [1.165, 1.54) is 12.1 Å². The molecule has 4 rings (SSSR count). The van der Waals surface area contributed by atoms with Crippen molar-refractivity contribution >= 4 is 21.6 Å². The lowest BCUT2D eigenvalue weighted by molar-refractivity contribution is 0.0679. The SMILES string of the molecule is O=C(Nc1ccc(S(=O)(=O)NCCc2ccccc2)cc1)c1ccc(OCC2CCCO2)cc1. The van der Waals surface area contributed by atoms with E-state index >= 15 is 0 Å². The monoisotopic (exact) mass is 480 g/mol. The molecule has 1 atom stereocenters. The number of amides is 1. The molecule has 7 nitrogen and oxygen atoms in total. The van der Waals surface area contributed by atoms with Crippen LogP contribution in [0.15, 0.2) is 83.8 Å². The Balaban J connectivity index is 1.28. The molecule has 1 unspecified atom stereocenters. The van der Waals surface area contributed by atoms with Crippen molar-refractivity contribution in [2.45, 2.75) is 30.3 Å². The molecule has 0 aliphatic carbocycles. The van der Waals surface area contributed by atoms with Crippen LogP contribution in [0.5, 0.6) is 5.75 Å². The first-order valence-corrected chi connectivity index (χ1v) is 12.8. The predicted octanol–water partition coefficient (Wildman–Crippen LogP) is 4.02. The number of rotatable bonds is 10. The van der Waals surface area contributed by atoms with Crippen molar-refractivity contribution in [3.8, 4) is 5.75 Å². The maximum Gasteiger partial charge on any atom is 0.255 e. The molecule has 2 N–H and O–H groups in total. The zero-order valence-corrected chi connectivity index (χ0v) is 19.6. The van der Waals surface area contributed by atoms with Crippen molar-refractivity contribution in [2.75, 3.05) is 25.1 Å². The molecule has 1 aliphatic heterocycles. The Morgan fingerprint density at radius 1 is 0.971 bits per heavy atom. The summed E-state index contributed by atoms with van der Waals surface area (Å²) < 4.78 is 38.9. The first-order chi connectivity index (χ1) is 16.5. The van der Waals surface area contributed by atoms with E-state index in [-0.39, 0.29) is 16.9 Å². The highest BCUT2D eigenvalue weighted by Gasteiger charge is 2.16. The van der Waals surface area contributed by atoms with Crippen molar-refractivity contribution in [3.63, 3.8) is 0 Å². The van der Waals surface area contributed by atoms with Gasteiger partial charge in [0.25, 0.3) is 5.91 Å². The van der Waals surface area contributed by atoms with E-state index in [4.69, 9.17) is 9.47 Å². The van der Waals surface area contributed by atoms with Crippen molar-refractivity contribution in [3.05, 3.63) is 90.0 Å². The Labute approximate surface area is 200 Å². The smallest absolute Gasteiger partial charge is 0.255 e. The van der Waals surface area contributed by atoms with Crippen molar-refractivity contribution in [2.24, 2.45) is 0 Å². The van der Waals surface area contributed by atoms with Crippen LogP contribution in [0.25, 0.3) is 0 Å². The summed E-state index contributed by atoms with van der Waals surface area (Å²) in [7, 11) is -3.63. The largest absolute Gasteiger partial charge is 0.491 e. The third kappa shape index (κ3) is 6.66. The molecule has 0 saturated carbocycles. The van der Waals surface area contributed by atoms with Gasteiger partial charge in [-0.3, -0.25) is 4.79 Å². The molecule has 1 saturated heterocycles. The maximum absolute atomic E-state index is 12.5. The van der Waals surface area contributed by atoms with E-state index in [2.05, 4.69) is 10.0 Å². The molecular weight excluding hydrogens is 452 g/mol. The standard InChI is InChI=1S/C26H28N2O5S/c29-26(21-8-12-23(13-9-21)33-19-24-7-4-18-32-24)28-22-10-14-25(15-11-22)34(30,31)27-17-16-20-5-2-1-3-6-20/h1-3,5-6,8-15,24,27H,4,7,16-19H2,(H,28,29). The van der Waals surface area contributed by atoms with E-state index < -0.39 is 10.0 Å². The van der Waals surface area contributed by atoms with Gasteiger partial charge < -0.3 is 14.8 Å². The number of nitrogens with one attached hydrogen (secondary N) is 2. The number of hydrogen-bond acceptors (Lipinski definition) is 5. The summed E-state index contributed by atoms with van der Waals surface area (Å²) in [6.45, 7) is 1.59. The number of carbonyl (C=O) groups excluding carboxylic acids is 1. The van der Waals surface area contributed by atoms with Crippen LogP contribution in [0, 0.1) is 0 Å². The molecule has 178 valence electrons. The topological polar surface area (TPSA) is 93.7 Å². The van der Waals surface area contributed by atoms with Crippen LogP contribution in [-0.4, -0.2) is 40.2 Å². The highest BCUT2D eigenvalue weighted by molar-refractivity contribution is 7.89. The molecule has 1 fully saturated rings. The van der Waals surface area contributed by atoms with Gasteiger partial charge in [0.1, 0.15) is 12.4 Å². The molecule has 1 amide bonds. The molecule has 0 aromatic heterocycles. The minimum atomic E-state index is -3.63. The minimum Gasteiger partial charge on any atom is -0.491 e. The average Bonchev–Trinajstić information content (AvgIpc) is 3.38. The van der Waals surface area contributed by atoms with Gasteiger partial charge in [0.05, 0.1) is 11.0 Å². The Hall–Kier alpha value is -3.20. The third-order valence-corrected chi connectivity index (χ3v) is 7.02. The maximum atomic E-state index is 12.5. The zero-order chi connectivity index (χ0) is 23.8. The minimum absolute atomic E-state index is 0.133. The molecule has 0 radical (unpaired) electrons. The van der Waals surface area contributed by atoms with Crippen LogP contribution in [0.3, 0.4) is 0 Å². The van der Waals surface area contributed by atoms with Crippen LogP contribution in [0.1, 0.15) is 28.8 Å². The fourth-order valence-electron chi connectivity index (χ4n) is 3.65. The van der Waals surface area contributed by atoms with Crippen molar-refractivity contribution in [1.82, 2.24) is 4.72 Å². The summed E-state index contributed by atoms with van der Waals surface area (Å²) in [5.74, 6) is 0.392. The number of sulfonamides is 1. The Kier molecular flexibility index (Phi) is 7.95. The fraction of sp³-hybridized carbons (Fsp3) is 0.269. The predicted molar refractivity (Wildman–Crippen MR) is 131 cm³/mol. The van der Waals surface area contributed by atoms with Gasteiger partial charge in [-0.05, 0) is 73.4 Å². The molecule has 0 bridgehead atoms. The van der Waals surface area contributed by atoms with Crippen LogP contribution in [0.4, 0.5) is 5.69 Å². The van der Waals surface area contributed by atoms with E-state index in [1.54, 1.807) is 36.4 Å². The van der Waals surface area contributed by atoms with Gasteiger partial charge in [0.2, 0.25) is 10.0 Å². The Morgan fingerprint density at radius 3 is 2.38 bits per heavy atom. The van der Waals surface area contributed by atoms with Gasteiger partial charge in [-0.25, -0.2) is 13.1 Å². The van der Waals surface area contributed by atoms with Gasteiger partial charge in [0.15, 0.2) is 0 Å². The van der Waals surface area contributed by atoms with Gasteiger partial charge in [0, 0.05) is 24.4 Å². The number of ether oxygens (including phenoxy) is 2. The van der Waals surface area contributed by atoms with Gasteiger partial charge in [-0.15, -0.1) is 0 Å².